The molecule has 2 aromatic heterocycles. The number of fused-ring (bicyclic) bond motifs is 1. The van der Waals surface area contributed by atoms with Gasteiger partial charge < -0.3 is 25.0 Å². The normalized spacial score (nSPS) is 16.8. The van der Waals surface area contributed by atoms with Gasteiger partial charge in [-0.25, -0.2) is 0 Å². The summed E-state index contributed by atoms with van der Waals surface area (Å²) in [5, 5.41) is 0. The minimum Gasteiger partial charge on any atom is -0.468 e. The van der Waals surface area contributed by atoms with Crippen molar-refractivity contribution in [3.63, 3.8) is 0 Å². The number of imidazole rings is 1. The Morgan fingerprint density at radius 3 is 2.47 bits per heavy atom. The molecule has 0 aromatic carbocycles. The molecular formula is C21H37N7O2. The van der Waals surface area contributed by atoms with Crippen molar-refractivity contribution in [1.29, 1.82) is 0 Å². The summed E-state index contributed by atoms with van der Waals surface area (Å²) in [6, 6.07) is 0.823. The molecule has 1 fully saturated rings. The van der Waals surface area contributed by atoms with E-state index in [4.69, 9.17) is 15.2 Å². The minimum atomic E-state index is 0.0414. The maximum absolute atomic E-state index is 6.14. The number of aryl methyl sites for hydroxylation is 1. The number of nitrogens with zero attached hydrogens (tertiary/aromatic N) is 6. The van der Waals surface area contributed by atoms with Gasteiger partial charge in [0.25, 0.3) is 6.01 Å². The Balaban J connectivity index is 1.61. The first-order valence-electron chi connectivity index (χ1n) is 11.2. The van der Waals surface area contributed by atoms with Crippen molar-refractivity contribution in [1.82, 2.24) is 29.3 Å². The lowest BCUT2D eigenvalue weighted by atomic mass is 10.2. The highest BCUT2D eigenvalue weighted by atomic mass is 16.5. The second kappa shape index (κ2) is 10.8. The van der Waals surface area contributed by atoms with Gasteiger partial charge in [-0.2, -0.15) is 15.0 Å². The molecule has 2 N–H and O–H groups in total. The number of nitrogen functional groups attached to an aromatic ring is 1. The third-order valence-corrected chi connectivity index (χ3v) is 5.70. The van der Waals surface area contributed by atoms with Crippen LogP contribution in [-0.4, -0.2) is 82.3 Å². The van der Waals surface area contributed by atoms with E-state index in [1.165, 1.54) is 32.6 Å². The molecule has 9 nitrogen and oxygen atoms in total. The number of methoxy groups -OCH3 is 1. The molecule has 1 aliphatic rings. The van der Waals surface area contributed by atoms with Crippen LogP contribution in [0.5, 0.6) is 12.0 Å². The lowest BCUT2D eigenvalue weighted by Gasteiger charge is -2.32. The van der Waals surface area contributed by atoms with Crippen LogP contribution in [0.1, 0.15) is 46.0 Å². The van der Waals surface area contributed by atoms with Gasteiger partial charge in [-0.05, 0) is 39.8 Å². The summed E-state index contributed by atoms with van der Waals surface area (Å²) in [4.78, 5) is 18.3. The topological polar surface area (TPSA) is 94.6 Å². The molecule has 2 aromatic rings. The van der Waals surface area contributed by atoms with Crippen molar-refractivity contribution in [2.45, 2.75) is 58.6 Å². The number of nitrogens with two attached hydrogens (primary N) is 1. The largest absolute Gasteiger partial charge is 0.468 e. The Morgan fingerprint density at radius 2 is 1.77 bits per heavy atom. The molecular weight excluding hydrogens is 382 g/mol. The fraction of sp³-hybridized carbons (Fsp3) is 0.762. The second-order valence-corrected chi connectivity index (χ2v) is 8.24. The standard InChI is InChI=1S/C21H37N7O2/c1-5-9-16(2)30-20-24-18(22)17-19(25-20)28(21(23-17)29-4)11-8-6-7-10-27-14-12-26(3)13-15-27/h16H,5-15H2,1-4H3,(H2,22,24,25)/t16-/m0/s1. The molecule has 0 amide bonds. The van der Waals surface area contributed by atoms with Crippen LogP contribution in [-0.2, 0) is 6.54 Å². The molecule has 0 unspecified atom stereocenters. The summed E-state index contributed by atoms with van der Waals surface area (Å²) in [5.74, 6) is 0.325. The number of piperazine rings is 1. The van der Waals surface area contributed by atoms with E-state index in [1.807, 2.05) is 11.5 Å². The number of unbranched alkanes of at least 4 members (excludes halogenated alkanes) is 2. The van der Waals surface area contributed by atoms with Crippen molar-refractivity contribution in [3.05, 3.63) is 0 Å². The number of aromatic nitrogens is 4. The summed E-state index contributed by atoms with van der Waals surface area (Å²) in [6.45, 7) is 10.8. The molecule has 9 heteroatoms. The van der Waals surface area contributed by atoms with Crippen LogP contribution < -0.4 is 15.2 Å². The van der Waals surface area contributed by atoms with Crippen LogP contribution in [0.3, 0.4) is 0 Å². The maximum Gasteiger partial charge on any atom is 0.320 e. The van der Waals surface area contributed by atoms with Gasteiger partial charge in [0.2, 0.25) is 0 Å². The lowest BCUT2D eigenvalue weighted by molar-refractivity contribution is 0.152. The Morgan fingerprint density at radius 1 is 1.03 bits per heavy atom. The summed E-state index contributed by atoms with van der Waals surface area (Å²) in [5.41, 5.74) is 7.39. The molecule has 1 atom stereocenters. The molecule has 168 valence electrons. The van der Waals surface area contributed by atoms with Gasteiger partial charge in [0.05, 0.1) is 13.2 Å². The smallest absolute Gasteiger partial charge is 0.320 e. The summed E-state index contributed by atoms with van der Waals surface area (Å²) >= 11 is 0. The Kier molecular flexibility index (Phi) is 8.09. The van der Waals surface area contributed by atoms with Crippen molar-refractivity contribution >= 4 is 17.0 Å². The molecule has 3 rings (SSSR count). The van der Waals surface area contributed by atoms with Crippen LogP contribution in [0.25, 0.3) is 11.2 Å². The van der Waals surface area contributed by atoms with E-state index in [0.29, 0.717) is 29.0 Å². The molecule has 0 aliphatic carbocycles. The highest BCUT2D eigenvalue weighted by molar-refractivity contribution is 5.83. The summed E-state index contributed by atoms with van der Waals surface area (Å²) < 4.78 is 13.3. The maximum atomic E-state index is 6.14. The van der Waals surface area contributed by atoms with E-state index < -0.39 is 0 Å². The van der Waals surface area contributed by atoms with E-state index in [2.05, 4.69) is 38.7 Å². The third-order valence-electron chi connectivity index (χ3n) is 5.70. The monoisotopic (exact) mass is 419 g/mol. The van der Waals surface area contributed by atoms with Gasteiger partial charge in [0, 0.05) is 32.7 Å². The summed E-state index contributed by atoms with van der Waals surface area (Å²) in [7, 11) is 3.81. The fourth-order valence-corrected chi connectivity index (χ4v) is 3.89. The van der Waals surface area contributed by atoms with Crippen molar-refractivity contribution in [3.8, 4) is 12.0 Å². The predicted octanol–water partition coefficient (Wildman–Crippen LogP) is 2.40. The van der Waals surface area contributed by atoms with Gasteiger partial charge in [0.15, 0.2) is 17.0 Å². The molecule has 1 saturated heterocycles. The number of hydrogen-bond donors (Lipinski definition) is 1. The zero-order chi connectivity index (χ0) is 21.5. The van der Waals surface area contributed by atoms with Gasteiger partial charge in [-0.3, -0.25) is 4.57 Å². The van der Waals surface area contributed by atoms with Crippen LogP contribution in [0.4, 0.5) is 5.82 Å². The van der Waals surface area contributed by atoms with Gasteiger partial charge >= 0.3 is 6.01 Å². The fourth-order valence-electron chi connectivity index (χ4n) is 3.89. The zero-order valence-electron chi connectivity index (χ0n) is 18.9. The third kappa shape index (κ3) is 5.72. The number of hydrogen-bond acceptors (Lipinski definition) is 8. The first-order valence-corrected chi connectivity index (χ1v) is 11.2. The lowest BCUT2D eigenvalue weighted by Crippen LogP contribution is -2.44. The molecule has 3 heterocycles. The predicted molar refractivity (Wildman–Crippen MR) is 119 cm³/mol. The van der Waals surface area contributed by atoms with Crippen molar-refractivity contribution in [2.75, 3.05) is 52.6 Å². The van der Waals surface area contributed by atoms with E-state index in [1.54, 1.807) is 7.11 Å². The van der Waals surface area contributed by atoms with Crippen LogP contribution >= 0.6 is 0 Å². The quantitative estimate of drug-likeness (QED) is 0.555. The Bertz CT molecular complexity index is 802. The average Bonchev–Trinajstić information content (AvgIpc) is 3.07. The Hall–Kier alpha value is -2.13. The second-order valence-electron chi connectivity index (χ2n) is 8.24. The van der Waals surface area contributed by atoms with Gasteiger partial charge in [-0.1, -0.05) is 19.8 Å². The molecule has 1 aliphatic heterocycles. The molecule has 30 heavy (non-hydrogen) atoms. The van der Waals surface area contributed by atoms with E-state index in [-0.39, 0.29) is 6.10 Å². The number of ether oxygens (including phenoxy) is 2. The average molecular weight is 420 g/mol. The molecule has 0 saturated carbocycles. The first kappa shape index (κ1) is 22.6. The molecule has 0 spiro atoms. The van der Waals surface area contributed by atoms with E-state index in [9.17, 15) is 0 Å². The van der Waals surface area contributed by atoms with Crippen LogP contribution in [0.15, 0.2) is 0 Å². The zero-order valence-corrected chi connectivity index (χ0v) is 18.9. The summed E-state index contributed by atoms with van der Waals surface area (Å²) in [6.07, 6.45) is 5.39. The van der Waals surface area contributed by atoms with E-state index >= 15 is 0 Å². The van der Waals surface area contributed by atoms with E-state index in [0.717, 1.165) is 38.8 Å². The minimum absolute atomic E-state index is 0.0414. The van der Waals surface area contributed by atoms with Crippen LogP contribution in [0.2, 0.25) is 0 Å². The number of anilines is 1. The molecule has 0 bridgehead atoms. The highest BCUT2D eigenvalue weighted by Crippen LogP contribution is 2.26. The first-order chi connectivity index (χ1) is 14.5. The van der Waals surface area contributed by atoms with Crippen LogP contribution in [0, 0.1) is 0 Å². The van der Waals surface area contributed by atoms with Crippen molar-refractivity contribution < 1.29 is 9.47 Å². The Labute approximate surface area is 179 Å². The number of likely N-dealkylation sites (N-methyl/N-ethyl adjacent to an activating group) is 1. The SMILES string of the molecule is CCC[C@H](C)Oc1nc(N)c2nc(OC)n(CCCCCN3CCN(C)CC3)c2n1. The van der Waals surface area contributed by atoms with Gasteiger partial charge in [0.1, 0.15) is 0 Å². The van der Waals surface area contributed by atoms with Crippen molar-refractivity contribution in [2.24, 2.45) is 0 Å². The van der Waals surface area contributed by atoms with Gasteiger partial charge in [-0.15, -0.1) is 0 Å². The highest BCUT2D eigenvalue weighted by Gasteiger charge is 2.19. The molecule has 0 radical (unpaired) electrons. The number of rotatable bonds is 11.